The van der Waals surface area contributed by atoms with Gasteiger partial charge in [0.05, 0.1) is 6.61 Å². The molecule has 1 atom stereocenters. The van der Waals surface area contributed by atoms with Crippen LogP contribution in [0.4, 0.5) is 0 Å². The van der Waals surface area contributed by atoms with Crippen molar-refractivity contribution in [2.24, 2.45) is 5.73 Å². The van der Waals surface area contributed by atoms with Crippen molar-refractivity contribution in [2.45, 2.75) is 19.4 Å². The second-order valence-corrected chi connectivity index (χ2v) is 1.68. The van der Waals surface area contributed by atoms with Crippen molar-refractivity contribution in [3.8, 4) is 0 Å². The topological polar surface area (TPSA) is 46.2 Å². The first kappa shape index (κ1) is 11.7. The van der Waals surface area contributed by atoms with Gasteiger partial charge in [-0.1, -0.05) is 19.1 Å². The summed E-state index contributed by atoms with van der Waals surface area (Å²) in [6, 6.07) is -0.171. The zero-order chi connectivity index (χ0) is 6.41. The molecular formula is C6H14ClNO. The molecule has 3 heteroatoms. The molecular weight excluding hydrogens is 138 g/mol. The molecule has 0 bridgehead atoms. The highest BCUT2D eigenvalue weighted by Gasteiger charge is 1.88. The van der Waals surface area contributed by atoms with Crippen LogP contribution < -0.4 is 5.73 Å². The molecule has 0 saturated carbocycles. The molecule has 0 spiro atoms. The lowest BCUT2D eigenvalue weighted by Gasteiger charge is -1.96. The van der Waals surface area contributed by atoms with Gasteiger partial charge in [-0.05, 0) is 6.42 Å². The lowest BCUT2D eigenvalue weighted by atomic mass is 10.3. The van der Waals surface area contributed by atoms with E-state index in [2.05, 4.69) is 0 Å². The molecule has 0 amide bonds. The summed E-state index contributed by atoms with van der Waals surface area (Å²) in [7, 11) is 0. The van der Waals surface area contributed by atoms with E-state index in [4.69, 9.17) is 10.8 Å². The Morgan fingerprint density at radius 2 is 2.22 bits per heavy atom. The van der Waals surface area contributed by atoms with Crippen LogP contribution in [0.5, 0.6) is 0 Å². The zero-order valence-electron chi connectivity index (χ0n) is 5.58. The van der Waals surface area contributed by atoms with Crippen molar-refractivity contribution in [1.82, 2.24) is 0 Å². The van der Waals surface area contributed by atoms with Gasteiger partial charge in [-0.2, -0.15) is 0 Å². The van der Waals surface area contributed by atoms with Gasteiger partial charge in [0.1, 0.15) is 0 Å². The van der Waals surface area contributed by atoms with Crippen LogP contribution in [0.2, 0.25) is 0 Å². The van der Waals surface area contributed by atoms with E-state index in [0.717, 1.165) is 6.42 Å². The van der Waals surface area contributed by atoms with E-state index < -0.39 is 0 Å². The van der Waals surface area contributed by atoms with Gasteiger partial charge in [0.2, 0.25) is 0 Å². The monoisotopic (exact) mass is 151 g/mol. The van der Waals surface area contributed by atoms with Gasteiger partial charge in [-0.3, -0.25) is 0 Å². The van der Waals surface area contributed by atoms with Crippen molar-refractivity contribution in [2.75, 3.05) is 6.61 Å². The Hall–Kier alpha value is -0.0500. The van der Waals surface area contributed by atoms with E-state index in [1.54, 1.807) is 6.08 Å². The predicted molar refractivity (Wildman–Crippen MR) is 41.7 cm³/mol. The molecule has 0 aliphatic rings. The summed E-state index contributed by atoms with van der Waals surface area (Å²) < 4.78 is 0. The smallest absolute Gasteiger partial charge is 0.0618 e. The number of hydrogen-bond acceptors (Lipinski definition) is 2. The van der Waals surface area contributed by atoms with Crippen molar-refractivity contribution < 1.29 is 5.11 Å². The zero-order valence-corrected chi connectivity index (χ0v) is 6.40. The average Bonchev–Trinajstić information content (AvgIpc) is 1.83. The van der Waals surface area contributed by atoms with Crippen molar-refractivity contribution >= 4 is 12.4 Å². The largest absolute Gasteiger partial charge is 0.394 e. The first-order valence-corrected chi connectivity index (χ1v) is 2.84. The molecule has 0 aliphatic carbocycles. The van der Waals surface area contributed by atoms with Crippen molar-refractivity contribution in [3.63, 3.8) is 0 Å². The number of allylic oxidation sites excluding steroid dienone is 1. The lowest BCUT2D eigenvalue weighted by molar-refractivity contribution is 0.284. The van der Waals surface area contributed by atoms with Gasteiger partial charge in [-0.25, -0.2) is 0 Å². The summed E-state index contributed by atoms with van der Waals surface area (Å²) in [6.07, 6.45) is 4.73. The molecule has 0 rings (SSSR count). The highest BCUT2D eigenvalue weighted by atomic mass is 35.5. The molecule has 0 saturated heterocycles. The summed E-state index contributed by atoms with van der Waals surface area (Å²) >= 11 is 0. The first-order valence-electron chi connectivity index (χ1n) is 2.84. The number of halogens is 1. The van der Waals surface area contributed by atoms with Crippen LogP contribution in [0.1, 0.15) is 13.3 Å². The molecule has 56 valence electrons. The summed E-state index contributed by atoms with van der Waals surface area (Å²) in [4.78, 5) is 0. The van der Waals surface area contributed by atoms with Crippen molar-refractivity contribution in [3.05, 3.63) is 12.2 Å². The van der Waals surface area contributed by atoms with E-state index >= 15 is 0 Å². The lowest BCUT2D eigenvalue weighted by Crippen LogP contribution is -2.20. The molecule has 2 nitrogen and oxygen atoms in total. The van der Waals surface area contributed by atoms with E-state index in [9.17, 15) is 0 Å². The third kappa shape index (κ3) is 7.95. The molecule has 0 fully saturated rings. The average molecular weight is 152 g/mol. The SMILES string of the molecule is CC/C=C/C(N)CO.Cl. The Morgan fingerprint density at radius 3 is 2.56 bits per heavy atom. The fourth-order valence-electron chi connectivity index (χ4n) is 0.372. The van der Waals surface area contributed by atoms with Gasteiger partial charge in [0.25, 0.3) is 0 Å². The second-order valence-electron chi connectivity index (χ2n) is 1.68. The number of hydrogen-bond donors (Lipinski definition) is 2. The van der Waals surface area contributed by atoms with Crippen LogP contribution in [0.15, 0.2) is 12.2 Å². The van der Waals surface area contributed by atoms with Crippen LogP contribution in [0.25, 0.3) is 0 Å². The molecule has 0 aliphatic heterocycles. The Balaban J connectivity index is 0. The van der Waals surface area contributed by atoms with Crippen LogP contribution in [0.3, 0.4) is 0 Å². The van der Waals surface area contributed by atoms with Crippen LogP contribution in [0, 0.1) is 0 Å². The Bertz CT molecular complexity index is 75.5. The van der Waals surface area contributed by atoms with Crippen LogP contribution in [-0.4, -0.2) is 17.8 Å². The van der Waals surface area contributed by atoms with Crippen LogP contribution >= 0.6 is 12.4 Å². The van der Waals surface area contributed by atoms with E-state index in [1.165, 1.54) is 0 Å². The quantitative estimate of drug-likeness (QED) is 0.584. The number of aliphatic hydroxyl groups is 1. The minimum atomic E-state index is -0.171. The maximum Gasteiger partial charge on any atom is 0.0618 e. The molecule has 3 N–H and O–H groups in total. The predicted octanol–water partition coefficient (Wildman–Crippen LogP) is 0.694. The molecule has 0 heterocycles. The van der Waals surface area contributed by atoms with Crippen LogP contribution in [-0.2, 0) is 0 Å². The van der Waals surface area contributed by atoms with E-state index in [0.29, 0.717) is 0 Å². The molecule has 0 aromatic rings. The highest BCUT2D eigenvalue weighted by molar-refractivity contribution is 5.85. The molecule has 9 heavy (non-hydrogen) atoms. The number of aliphatic hydroxyl groups excluding tert-OH is 1. The Morgan fingerprint density at radius 1 is 1.67 bits per heavy atom. The molecule has 1 unspecified atom stereocenters. The van der Waals surface area contributed by atoms with Gasteiger partial charge in [0.15, 0.2) is 0 Å². The Kier molecular flexibility index (Phi) is 10.3. The fourth-order valence-corrected chi connectivity index (χ4v) is 0.372. The maximum absolute atomic E-state index is 8.39. The summed E-state index contributed by atoms with van der Waals surface area (Å²) in [5.74, 6) is 0. The minimum absolute atomic E-state index is 0. The standard InChI is InChI=1S/C6H13NO.ClH/c1-2-3-4-6(7)5-8;/h3-4,6,8H,2,5,7H2,1H3;1H/b4-3+;. The second kappa shape index (κ2) is 7.95. The normalized spacial score (nSPS) is 13.2. The van der Waals surface area contributed by atoms with Gasteiger partial charge >= 0.3 is 0 Å². The first-order chi connectivity index (χ1) is 3.81. The molecule has 0 radical (unpaired) electrons. The van der Waals surface area contributed by atoms with E-state index in [1.807, 2.05) is 13.0 Å². The molecule has 0 aromatic carbocycles. The third-order valence-electron chi connectivity index (χ3n) is 0.830. The summed E-state index contributed by atoms with van der Waals surface area (Å²) in [5.41, 5.74) is 5.32. The molecule has 0 aromatic heterocycles. The fraction of sp³-hybridized carbons (Fsp3) is 0.667. The minimum Gasteiger partial charge on any atom is -0.394 e. The van der Waals surface area contributed by atoms with Gasteiger partial charge in [0, 0.05) is 6.04 Å². The Labute approximate surface area is 62.2 Å². The number of nitrogens with two attached hydrogens (primary N) is 1. The highest BCUT2D eigenvalue weighted by Crippen LogP contribution is 1.82. The maximum atomic E-state index is 8.39. The third-order valence-corrected chi connectivity index (χ3v) is 0.830. The van der Waals surface area contributed by atoms with Gasteiger partial charge in [-0.15, -0.1) is 12.4 Å². The number of rotatable bonds is 3. The summed E-state index contributed by atoms with van der Waals surface area (Å²) in [6.45, 7) is 2.07. The van der Waals surface area contributed by atoms with Crippen molar-refractivity contribution in [1.29, 1.82) is 0 Å². The van der Waals surface area contributed by atoms with Gasteiger partial charge < -0.3 is 10.8 Å². The summed E-state index contributed by atoms with van der Waals surface area (Å²) in [5, 5.41) is 8.39. The van der Waals surface area contributed by atoms with E-state index in [-0.39, 0.29) is 25.1 Å².